The maximum atomic E-state index is 12.1. The van der Waals surface area contributed by atoms with Gasteiger partial charge in [0.05, 0.1) is 11.3 Å². The summed E-state index contributed by atoms with van der Waals surface area (Å²) in [5.74, 6) is -0.364. The number of amides is 1. The molecule has 1 aromatic carbocycles. The number of hydrogen-bond donors (Lipinski definition) is 0. The predicted molar refractivity (Wildman–Crippen MR) is 90.3 cm³/mol. The van der Waals surface area contributed by atoms with E-state index in [1.165, 1.54) is 12.1 Å². The van der Waals surface area contributed by atoms with Crippen molar-refractivity contribution >= 4 is 21.7 Å². The highest BCUT2D eigenvalue weighted by Gasteiger charge is 2.22. The molecule has 6 nitrogen and oxygen atoms in total. The van der Waals surface area contributed by atoms with E-state index >= 15 is 0 Å². The fourth-order valence-corrected chi connectivity index (χ4v) is 3.56. The Kier molecular flexibility index (Phi) is 5.99. The van der Waals surface area contributed by atoms with Crippen LogP contribution in [-0.2, 0) is 25.1 Å². The van der Waals surface area contributed by atoms with Crippen molar-refractivity contribution < 1.29 is 22.7 Å². The Labute approximate surface area is 142 Å². The van der Waals surface area contributed by atoms with Gasteiger partial charge in [-0.25, -0.2) is 13.2 Å². The van der Waals surface area contributed by atoms with E-state index in [4.69, 9.17) is 4.74 Å². The van der Waals surface area contributed by atoms with Crippen LogP contribution in [0.3, 0.4) is 0 Å². The number of likely N-dealkylation sites (tertiary alicyclic amines) is 1. The van der Waals surface area contributed by atoms with Crippen LogP contribution in [0.15, 0.2) is 24.3 Å². The SMILES string of the molecule is C[C@@H]1CCCN(C(=O)COC(=O)c2ccc(CS(C)(=O)=O)cc2)C1. The van der Waals surface area contributed by atoms with Crippen LogP contribution in [0.25, 0.3) is 0 Å². The van der Waals surface area contributed by atoms with Gasteiger partial charge < -0.3 is 9.64 Å². The highest BCUT2D eigenvalue weighted by molar-refractivity contribution is 7.89. The lowest BCUT2D eigenvalue weighted by molar-refractivity contribution is -0.136. The van der Waals surface area contributed by atoms with E-state index in [1.807, 2.05) is 0 Å². The minimum absolute atomic E-state index is 0.0754. The number of carbonyl (C=O) groups is 2. The summed E-state index contributed by atoms with van der Waals surface area (Å²) in [6, 6.07) is 6.17. The van der Waals surface area contributed by atoms with Crippen LogP contribution in [0.1, 0.15) is 35.7 Å². The Morgan fingerprint density at radius 1 is 1.25 bits per heavy atom. The van der Waals surface area contributed by atoms with Gasteiger partial charge in [0, 0.05) is 19.3 Å². The maximum Gasteiger partial charge on any atom is 0.338 e. The third kappa shape index (κ3) is 5.63. The quantitative estimate of drug-likeness (QED) is 0.752. The molecule has 0 saturated carbocycles. The Morgan fingerprint density at radius 2 is 1.92 bits per heavy atom. The van der Waals surface area contributed by atoms with Crippen molar-refractivity contribution in [3.63, 3.8) is 0 Å². The van der Waals surface area contributed by atoms with Gasteiger partial charge in [0.25, 0.3) is 5.91 Å². The van der Waals surface area contributed by atoms with Crippen molar-refractivity contribution in [2.75, 3.05) is 26.0 Å². The molecule has 7 heteroatoms. The zero-order valence-electron chi connectivity index (χ0n) is 14.0. The Morgan fingerprint density at radius 3 is 2.50 bits per heavy atom. The first-order chi connectivity index (χ1) is 11.2. The van der Waals surface area contributed by atoms with E-state index in [2.05, 4.69) is 6.92 Å². The van der Waals surface area contributed by atoms with Crippen LogP contribution >= 0.6 is 0 Å². The largest absolute Gasteiger partial charge is 0.452 e. The first-order valence-electron chi connectivity index (χ1n) is 7.96. The van der Waals surface area contributed by atoms with Gasteiger partial charge in [-0.1, -0.05) is 19.1 Å². The summed E-state index contributed by atoms with van der Waals surface area (Å²) in [5.41, 5.74) is 0.902. The van der Waals surface area contributed by atoms with Crippen LogP contribution in [0.5, 0.6) is 0 Å². The van der Waals surface area contributed by atoms with Crippen LogP contribution < -0.4 is 0 Å². The summed E-state index contributed by atoms with van der Waals surface area (Å²) >= 11 is 0. The molecule has 0 radical (unpaired) electrons. The summed E-state index contributed by atoms with van der Waals surface area (Å²) in [7, 11) is -3.12. The number of hydrogen-bond acceptors (Lipinski definition) is 5. The zero-order valence-corrected chi connectivity index (χ0v) is 14.8. The smallest absolute Gasteiger partial charge is 0.338 e. The van der Waals surface area contributed by atoms with Gasteiger partial charge in [0.2, 0.25) is 0 Å². The Hall–Kier alpha value is -1.89. The van der Waals surface area contributed by atoms with Gasteiger partial charge in [-0.05, 0) is 36.5 Å². The second-order valence-electron chi connectivity index (χ2n) is 6.43. The fraction of sp³-hybridized carbons (Fsp3) is 0.529. The summed E-state index contributed by atoms with van der Waals surface area (Å²) in [6.07, 6.45) is 3.24. The molecular formula is C17H23NO5S. The molecule has 2 rings (SSSR count). The van der Waals surface area contributed by atoms with Crippen molar-refractivity contribution in [3.05, 3.63) is 35.4 Å². The average Bonchev–Trinajstić information content (AvgIpc) is 2.51. The normalized spacial score (nSPS) is 18.2. The topological polar surface area (TPSA) is 80.8 Å². The molecule has 1 heterocycles. The standard InChI is InChI=1S/C17H23NO5S/c1-13-4-3-9-18(10-13)16(19)11-23-17(20)15-7-5-14(6-8-15)12-24(2,21)22/h5-8,13H,3-4,9-12H2,1-2H3/t13-/m1/s1. The van der Waals surface area contributed by atoms with Gasteiger partial charge in [0.15, 0.2) is 16.4 Å². The number of benzene rings is 1. The Balaban J connectivity index is 1.87. The molecule has 1 aliphatic heterocycles. The number of nitrogens with zero attached hydrogens (tertiary/aromatic N) is 1. The van der Waals surface area contributed by atoms with Gasteiger partial charge in [0.1, 0.15) is 0 Å². The molecule has 1 amide bonds. The predicted octanol–water partition coefficient (Wildman–Crippen LogP) is 1.65. The van der Waals surface area contributed by atoms with E-state index in [1.54, 1.807) is 17.0 Å². The molecule has 1 fully saturated rings. The summed E-state index contributed by atoms with van der Waals surface area (Å²) in [5, 5.41) is 0. The van der Waals surface area contributed by atoms with Crippen LogP contribution in [0, 0.1) is 5.92 Å². The summed E-state index contributed by atoms with van der Waals surface area (Å²) in [4.78, 5) is 25.8. The third-order valence-corrected chi connectivity index (χ3v) is 4.81. The molecule has 1 aromatic rings. The lowest BCUT2D eigenvalue weighted by Crippen LogP contribution is -2.41. The minimum atomic E-state index is -3.12. The van der Waals surface area contributed by atoms with Gasteiger partial charge in [-0.15, -0.1) is 0 Å². The maximum absolute atomic E-state index is 12.1. The summed E-state index contributed by atoms with van der Waals surface area (Å²) in [6.45, 7) is 3.25. The van der Waals surface area contributed by atoms with Crippen molar-refractivity contribution in [3.8, 4) is 0 Å². The highest BCUT2D eigenvalue weighted by atomic mass is 32.2. The molecule has 1 atom stereocenters. The van der Waals surface area contributed by atoms with Gasteiger partial charge in [-0.3, -0.25) is 4.79 Å². The molecule has 0 bridgehead atoms. The third-order valence-electron chi connectivity index (χ3n) is 3.95. The van der Waals surface area contributed by atoms with Crippen molar-refractivity contribution in [1.82, 2.24) is 4.90 Å². The molecule has 0 spiro atoms. The fourth-order valence-electron chi connectivity index (χ4n) is 2.76. The van der Waals surface area contributed by atoms with Crippen LogP contribution in [-0.4, -0.2) is 51.1 Å². The number of rotatable bonds is 5. The molecule has 0 N–H and O–H groups in total. The van der Waals surface area contributed by atoms with E-state index in [9.17, 15) is 18.0 Å². The second-order valence-corrected chi connectivity index (χ2v) is 8.57. The average molecular weight is 353 g/mol. The van der Waals surface area contributed by atoms with Crippen LogP contribution in [0.4, 0.5) is 0 Å². The van der Waals surface area contributed by atoms with Crippen molar-refractivity contribution in [2.24, 2.45) is 5.92 Å². The minimum Gasteiger partial charge on any atom is -0.452 e. The van der Waals surface area contributed by atoms with E-state index < -0.39 is 15.8 Å². The number of piperidine rings is 1. The second kappa shape index (κ2) is 7.79. The first kappa shape index (κ1) is 18.4. The Bertz CT molecular complexity index is 696. The lowest BCUT2D eigenvalue weighted by atomic mass is 10.0. The number of carbonyl (C=O) groups excluding carboxylic acids is 2. The van der Waals surface area contributed by atoms with Crippen molar-refractivity contribution in [1.29, 1.82) is 0 Å². The van der Waals surface area contributed by atoms with Crippen molar-refractivity contribution in [2.45, 2.75) is 25.5 Å². The molecule has 1 saturated heterocycles. The van der Waals surface area contributed by atoms with Gasteiger partial charge >= 0.3 is 5.97 Å². The number of sulfone groups is 1. The molecule has 0 aliphatic carbocycles. The molecule has 0 aromatic heterocycles. The van der Waals surface area contributed by atoms with Gasteiger partial charge in [-0.2, -0.15) is 0 Å². The van der Waals surface area contributed by atoms with E-state index in [0.29, 0.717) is 30.1 Å². The molecule has 132 valence electrons. The molecule has 24 heavy (non-hydrogen) atoms. The number of ether oxygens (including phenoxy) is 1. The molecular weight excluding hydrogens is 330 g/mol. The number of esters is 1. The highest BCUT2D eigenvalue weighted by Crippen LogP contribution is 2.15. The van der Waals surface area contributed by atoms with Crippen LogP contribution in [0.2, 0.25) is 0 Å². The van der Waals surface area contributed by atoms with E-state index in [0.717, 1.165) is 19.1 Å². The monoisotopic (exact) mass is 353 g/mol. The van der Waals surface area contributed by atoms with E-state index in [-0.39, 0.29) is 18.3 Å². The zero-order chi connectivity index (χ0) is 17.7. The molecule has 0 unspecified atom stereocenters. The lowest BCUT2D eigenvalue weighted by Gasteiger charge is -2.30. The molecule has 1 aliphatic rings. The first-order valence-corrected chi connectivity index (χ1v) is 10.0. The summed E-state index contributed by atoms with van der Waals surface area (Å²) < 4.78 is 27.5.